The van der Waals surface area contributed by atoms with Gasteiger partial charge < -0.3 is 5.11 Å². The van der Waals surface area contributed by atoms with E-state index in [1.54, 1.807) is 12.1 Å². The van der Waals surface area contributed by atoms with Crippen molar-refractivity contribution in [2.45, 2.75) is 39.5 Å². The lowest BCUT2D eigenvalue weighted by Gasteiger charge is -2.38. The highest BCUT2D eigenvalue weighted by Gasteiger charge is 2.33. The standard InChI is InChI=1S/C16H21FO/c1-11-14(12-5-4-6-13(17)9-12)7-8-16(2,3)15(11)10-18/h4-6,9,14,18H,7-8,10H2,1-3H3. The largest absolute Gasteiger partial charge is 0.392 e. The van der Waals surface area contributed by atoms with Crippen LogP contribution in [0.1, 0.15) is 45.1 Å². The van der Waals surface area contributed by atoms with Gasteiger partial charge in [0.2, 0.25) is 0 Å². The molecule has 1 N–H and O–H groups in total. The monoisotopic (exact) mass is 248 g/mol. The maximum Gasteiger partial charge on any atom is 0.123 e. The quantitative estimate of drug-likeness (QED) is 0.783. The molecule has 0 heterocycles. The summed E-state index contributed by atoms with van der Waals surface area (Å²) in [6.45, 7) is 6.51. The van der Waals surface area contributed by atoms with E-state index in [9.17, 15) is 9.50 Å². The minimum atomic E-state index is -0.185. The average Bonchev–Trinajstić information content (AvgIpc) is 2.28. The molecule has 98 valence electrons. The average molecular weight is 248 g/mol. The highest BCUT2D eigenvalue weighted by Crippen LogP contribution is 2.46. The molecule has 1 aliphatic rings. The lowest BCUT2D eigenvalue weighted by molar-refractivity contribution is 0.257. The Morgan fingerprint density at radius 2 is 2.11 bits per heavy atom. The topological polar surface area (TPSA) is 20.2 Å². The molecule has 2 heteroatoms. The van der Waals surface area contributed by atoms with Crippen molar-refractivity contribution < 1.29 is 9.50 Å². The van der Waals surface area contributed by atoms with E-state index in [0.717, 1.165) is 24.0 Å². The first-order chi connectivity index (χ1) is 8.45. The van der Waals surface area contributed by atoms with Gasteiger partial charge in [-0.1, -0.05) is 31.6 Å². The summed E-state index contributed by atoms with van der Waals surface area (Å²) in [4.78, 5) is 0. The van der Waals surface area contributed by atoms with Gasteiger partial charge in [-0.2, -0.15) is 0 Å². The third kappa shape index (κ3) is 2.35. The van der Waals surface area contributed by atoms with Gasteiger partial charge in [-0.05, 0) is 48.4 Å². The summed E-state index contributed by atoms with van der Waals surface area (Å²) in [6, 6.07) is 6.82. The minimum Gasteiger partial charge on any atom is -0.392 e. The molecule has 1 atom stereocenters. The Balaban J connectivity index is 2.42. The van der Waals surface area contributed by atoms with Gasteiger partial charge in [-0.15, -0.1) is 0 Å². The molecule has 0 aromatic heterocycles. The van der Waals surface area contributed by atoms with Crippen LogP contribution in [0.3, 0.4) is 0 Å². The van der Waals surface area contributed by atoms with Crippen molar-refractivity contribution in [2.75, 3.05) is 6.61 Å². The third-order valence-corrected chi connectivity index (χ3v) is 4.28. The highest BCUT2D eigenvalue weighted by molar-refractivity contribution is 5.36. The second-order valence-corrected chi connectivity index (χ2v) is 5.85. The van der Waals surface area contributed by atoms with Crippen LogP contribution in [-0.4, -0.2) is 11.7 Å². The predicted octanol–water partition coefficient (Wildman–Crippen LogP) is 4.04. The van der Waals surface area contributed by atoms with E-state index >= 15 is 0 Å². The van der Waals surface area contributed by atoms with Crippen LogP contribution in [0.25, 0.3) is 0 Å². The maximum atomic E-state index is 13.3. The molecule has 0 saturated heterocycles. The van der Waals surface area contributed by atoms with E-state index in [2.05, 4.69) is 20.8 Å². The summed E-state index contributed by atoms with van der Waals surface area (Å²) < 4.78 is 13.3. The fourth-order valence-electron chi connectivity index (χ4n) is 3.10. The van der Waals surface area contributed by atoms with E-state index in [0.29, 0.717) is 0 Å². The molecule has 1 nitrogen and oxygen atoms in total. The van der Waals surface area contributed by atoms with Gasteiger partial charge in [-0.3, -0.25) is 0 Å². The molecule has 0 fully saturated rings. The van der Waals surface area contributed by atoms with E-state index < -0.39 is 0 Å². The molecular weight excluding hydrogens is 227 g/mol. The molecule has 1 aromatic carbocycles. The van der Waals surface area contributed by atoms with Gasteiger partial charge in [0.05, 0.1) is 6.61 Å². The second-order valence-electron chi connectivity index (χ2n) is 5.85. The first kappa shape index (κ1) is 13.3. The van der Waals surface area contributed by atoms with Crippen molar-refractivity contribution >= 4 is 0 Å². The number of halogens is 1. The summed E-state index contributed by atoms with van der Waals surface area (Å²) in [7, 11) is 0. The Kier molecular flexibility index (Phi) is 3.58. The predicted molar refractivity (Wildman–Crippen MR) is 71.9 cm³/mol. The number of hydrogen-bond donors (Lipinski definition) is 1. The van der Waals surface area contributed by atoms with Gasteiger partial charge >= 0.3 is 0 Å². The van der Waals surface area contributed by atoms with Crippen LogP contribution in [0.15, 0.2) is 35.4 Å². The molecule has 1 unspecified atom stereocenters. The van der Waals surface area contributed by atoms with Gasteiger partial charge in [0.15, 0.2) is 0 Å². The van der Waals surface area contributed by atoms with Crippen LogP contribution in [0.2, 0.25) is 0 Å². The van der Waals surface area contributed by atoms with Crippen molar-refractivity contribution in [3.8, 4) is 0 Å². The Morgan fingerprint density at radius 3 is 2.72 bits per heavy atom. The summed E-state index contributed by atoms with van der Waals surface area (Å²) in [6.07, 6.45) is 2.05. The molecule has 1 aliphatic carbocycles. The van der Waals surface area contributed by atoms with E-state index in [1.807, 2.05) is 6.07 Å². The normalized spacial score (nSPS) is 23.3. The number of rotatable bonds is 2. The number of benzene rings is 1. The van der Waals surface area contributed by atoms with Crippen molar-refractivity contribution in [1.82, 2.24) is 0 Å². The number of aliphatic hydroxyl groups excluding tert-OH is 1. The van der Waals surface area contributed by atoms with Gasteiger partial charge in [0.25, 0.3) is 0 Å². The molecule has 0 spiro atoms. The Labute approximate surface area is 108 Å². The van der Waals surface area contributed by atoms with Crippen LogP contribution in [-0.2, 0) is 0 Å². The summed E-state index contributed by atoms with van der Waals surface area (Å²) >= 11 is 0. The third-order valence-electron chi connectivity index (χ3n) is 4.28. The van der Waals surface area contributed by atoms with E-state index in [1.165, 1.54) is 11.6 Å². The lowest BCUT2D eigenvalue weighted by atomic mass is 9.67. The zero-order valence-corrected chi connectivity index (χ0v) is 11.3. The van der Waals surface area contributed by atoms with E-state index in [-0.39, 0.29) is 23.8 Å². The molecule has 1 aromatic rings. The minimum absolute atomic E-state index is 0.0582. The Hall–Kier alpha value is -1.15. The van der Waals surface area contributed by atoms with Gasteiger partial charge in [0.1, 0.15) is 5.82 Å². The Morgan fingerprint density at radius 1 is 1.39 bits per heavy atom. The first-order valence-corrected chi connectivity index (χ1v) is 6.52. The summed E-state index contributed by atoms with van der Waals surface area (Å²) in [5.74, 6) is 0.0616. The van der Waals surface area contributed by atoms with Crippen LogP contribution < -0.4 is 0 Å². The fourth-order valence-corrected chi connectivity index (χ4v) is 3.10. The molecule has 0 saturated carbocycles. The van der Waals surface area contributed by atoms with Crippen molar-refractivity contribution in [2.24, 2.45) is 5.41 Å². The second kappa shape index (κ2) is 4.85. The summed E-state index contributed by atoms with van der Waals surface area (Å²) in [5, 5.41) is 9.58. The fraction of sp³-hybridized carbons (Fsp3) is 0.500. The van der Waals surface area contributed by atoms with Gasteiger partial charge in [0, 0.05) is 5.92 Å². The van der Waals surface area contributed by atoms with Crippen molar-refractivity contribution in [3.63, 3.8) is 0 Å². The Bertz CT molecular complexity index is 474. The molecule has 0 bridgehead atoms. The van der Waals surface area contributed by atoms with Crippen LogP contribution >= 0.6 is 0 Å². The number of aliphatic hydroxyl groups is 1. The SMILES string of the molecule is CC1=C(CO)C(C)(C)CCC1c1cccc(F)c1. The van der Waals surface area contributed by atoms with E-state index in [4.69, 9.17) is 0 Å². The lowest BCUT2D eigenvalue weighted by Crippen LogP contribution is -2.26. The van der Waals surface area contributed by atoms with Crippen LogP contribution in [0.4, 0.5) is 4.39 Å². The first-order valence-electron chi connectivity index (χ1n) is 6.52. The zero-order chi connectivity index (χ0) is 13.3. The van der Waals surface area contributed by atoms with Crippen LogP contribution in [0, 0.1) is 11.2 Å². The molecule has 18 heavy (non-hydrogen) atoms. The number of hydrogen-bond acceptors (Lipinski definition) is 1. The molecular formula is C16H21FO. The van der Waals surface area contributed by atoms with Crippen molar-refractivity contribution in [1.29, 1.82) is 0 Å². The zero-order valence-electron chi connectivity index (χ0n) is 11.3. The molecule has 0 radical (unpaired) electrons. The van der Waals surface area contributed by atoms with Crippen LogP contribution in [0.5, 0.6) is 0 Å². The molecule has 0 aliphatic heterocycles. The summed E-state index contributed by atoms with van der Waals surface area (Å²) in [5.41, 5.74) is 3.40. The number of allylic oxidation sites excluding steroid dienone is 1. The highest BCUT2D eigenvalue weighted by atomic mass is 19.1. The van der Waals surface area contributed by atoms with Crippen molar-refractivity contribution in [3.05, 3.63) is 46.8 Å². The van der Waals surface area contributed by atoms with Gasteiger partial charge in [-0.25, -0.2) is 4.39 Å². The molecule has 0 amide bonds. The molecule has 2 rings (SSSR count). The smallest absolute Gasteiger partial charge is 0.123 e. The maximum absolute atomic E-state index is 13.3.